The summed E-state index contributed by atoms with van der Waals surface area (Å²) in [5, 5.41) is 13.0. The second-order valence-corrected chi connectivity index (χ2v) is 6.11. The van der Waals surface area contributed by atoms with Crippen molar-refractivity contribution in [2.75, 3.05) is 26.2 Å². The maximum absolute atomic E-state index is 12.6. The predicted octanol–water partition coefficient (Wildman–Crippen LogP) is 0.882. The number of carboxylic acid groups (broad SMARTS) is 1. The summed E-state index contributed by atoms with van der Waals surface area (Å²) in [4.78, 5) is 32.0. The van der Waals surface area contributed by atoms with Gasteiger partial charge in [0, 0.05) is 45.1 Å². The summed E-state index contributed by atoms with van der Waals surface area (Å²) in [5.74, 6) is -1.09. The first-order valence-electron chi connectivity index (χ1n) is 8.23. The van der Waals surface area contributed by atoms with E-state index in [0.717, 1.165) is 25.3 Å². The molecule has 1 atom stereocenters. The van der Waals surface area contributed by atoms with Gasteiger partial charge in [-0.2, -0.15) is 5.10 Å². The van der Waals surface area contributed by atoms with Gasteiger partial charge in [0.15, 0.2) is 0 Å². The monoisotopic (exact) mass is 343 g/mol. The van der Waals surface area contributed by atoms with Crippen LogP contribution in [0.5, 0.6) is 0 Å². The van der Waals surface area contributed by atoms with Gasteiger partial charge in [0.05, 0.1) is 17.5 Å². The maximum Gasteiger partial charge on any atom is 0.338 e. The van der Waals surface area contributed by atoms with Gasteiger partial charge in [0.1, 0.15) is 6.04 Å². The first kappa shape index (κ1) is 17.1. The summed E-state index contributed by atoms with van der Waals surface area (Å²) < 4.78 is 1.41. The average molecular weight is 343 g/mol. The molecule has 2 aromatic heterocycles. The van der Waals surface area contributed by atoms with Gasteiger partial charge < -0.3 is 10.0 Å². The molecule has 1 fully saturated rings. The van der Waals surface area contributed by atoms with Crippen LogP contribution in [0.25, 0.3) is 0 Å². The van der Waals surface area contributed by atoms with Crippen LogP contribution in [0, 0.1) is 0 Å². The Hall–Kier alpha value is -2.74. The van der Waals surface area contributed by atoms with Crippen LogP contribution >= 0.6 is 0 Å². The van der Waals surface area contributed by atoms with Crippen molar-refractivity contribution in [1.82, 2.24) is 24.6 Å². The summed E-state index contributed by atoms with van der Waals surface area (Å²) in [6.45, 7) is 5.37. The number of amides is 1. The number of carbonyl (C=O) groups excluding carboxylic acids is 1. The Balaban J connectivity index is 1.54. The molecule has 0 bridgehead atoms. The molecule has 0 radical (unpaired) electrons. The van der Waals surface area contributed by atoms with E-state index < -0.39 is 12.0 Å². The highest BCUT2D eigenvalue weighted by Crippen LogP contribution is 2.14. The Morgan fingerprint density at radius 2 is 2.00 bits per heavy atom. The molecule has 1 aliphatic rings. The predicted molar refractivity (Wildman–Crippen MR) is 90.0 cm³/mol. The summed E-state index contributed by atoms with van der Waals surface area (Å²) >= 11 is 0. The molecule has 1 aliphatic heterocycles. The van der Waals surface area contributed by atoms with Gasteiger partial charge in [0.2, 0.25) is 5.91 Å². The van der Waals surface area contributed by atoms with Crippen LogP contribution in [0.15, 0.2) is 36.8 Å². The molecule has 0 aromatic carbocycles. The Morgan fingerprint density at radius 1 is 1.24 bits per heavy atom. The number of hydrogen-bond acceptors (Lipinski definition) is 5. The number of hydrogen-bond donors (Lipinski definition) is 1. The number of carboxylic acids is 1. The van der Waals surface area contributed by atoms with Gasteiger partial charge in [-0.1, -0.05) is 6.07 Å². The Kier molecular flexibility index (Phi) is 5.08. The van der Waals surface area contributed by atoms with Crippen LogP contribution in [-0.4, -0.2) is 67.7 Å². The van der Waals surface area contributed by atoms with Crippen molar-refractivity contribution < 1.29 is 14.7 Å². The molecule has 1 N–H and O–H groups in total. The minimum Gasteiger partial charge on any atom is -0.478 e. The third kappa shape index (κ3) is 4.03. The number of piperazine rings is 1. The van der Waals surface area contributed by atoms with E-state index in [1.165, 1.54) is 17.1 Å². The molecule has 3 rings (SSSR count). The molecule has 3 heterocycles. The first-order chi connectivity index (χ1) is 12.0. The molecule has 25 heavy (non-hydrogen) atoms. The highest BCUT2D eigenvalue weighted by Gasteiger charge is 2.26. The number of nitrogens with zero attached hydrogens (tertiary/aromatic N) is 5. The van der Waals surface area contributed by atoms with Gasteiger partial charge in [-0.25, -0.2) is 4.79 Å². The van der Waals surface area contributed by atoms with Crippen LogP contribution in [0.3, 0.4) is 0 Å². The molecule has 2 aromatic rings. The van der Waals surface area contributed by atoms with Gasteiger partial charge in [-0.15, -0.1) is 0 Å². The van der Waals surface area contributed by atoms with Crippen LogP contribution in [0.2, 0.25) is 0 Å². The van der Waals surface area contributed by atoms with E-state index in [1.54, 1.807) is 13.1 Å². The molecule has 0 saturated carbocycles. The molecular formula is C17H21N5O3. The fourth-order valence-electron chi connectivity index (χ4n) is 2.88. The Bertz CT molecular complexity index is 738. The van der Waals surface area contributed by atoms with Crippen molar-refractivity contribution >= 4 is 11.9 Å². The topological polar surface area (TPSA) is 91.6 Å². The van der Waals surface area contributed by atoms with E-state index in [9.17, 15) is 9.59 Å². The lowest BCUT2D eigenvalue weighted by atomic mass is 10.2. The third-order valence-corrected chi connectivity index (χ3v) is 4.40. The van der Waals surface area contributed by atoms with Crippen molar-refractivity contribution in [2.45, 2.75) is 19.5 Å². The fraction of sp³-hybridized carbons (Fsp3) is 0.412. The van der Waals surface area contributed by atoms with Crippen LogP contribution in [-0.2, 0) is 11.3 Å². The summed E-state index contributed by atoms with van der Waals surface area (Å²) in [5.41, 5.74) is 1.10. The second kappa shape index (κ2) is 7.43. The van der Waals surface area contributed by atoms with Crippen molar-refractivity contribution in [1.29, 1.82) is 0 Å². The van der Waals surface area contributed by atoms with Crippen molar-refractivity contribution in [3.05, 3.63) is 48.0 Å². The molecule has 8 heteroatoms. The molecule has 1 unspecified atom stereocenters. The maximum atomic E-state index is 12.6. The summed E-state index contributed by atoms with van der Waals surface area (Å²) in [6, 6.07) is 5.35. The SMILES string of the molecule is CC(C(=O)N1CCN(Cc2ccccn2)CC1)n1cc(C(=O)O)cn1. The van der Waals surface area contributed by atoms with Crippen molar-refractivity contribution in [3.8, 4) is 0 Å². The van der Waals surface area contributed by atoms with E-state index in [-0.39, 0.29) is 11.5 Å². The summed E-state index contributed by atoms with van der Waals surface area (Å²) in [6.07, 6.45) is 4.44. The molecular weight excluding hydrogens is 322 g/mol. The zero-order chi connectivity index (χ0) is 17.8. The lowest BCUT2D eigenvalue weighted by Crippen LogP contribution is -2.50. The van der Waals surface area contributed by atoms with Crippen molar-refractivity contribution in [3.63, 3.8) is 0 Å². The van der Waals surface area contributed by atoms with E-state index >= 15 is 0 Å². The lowest BCUT2D eigenvalue weighted by molar-refractivity contribution is -0.136. The van der Waals surface area contributed by atoms with Gasteiger partial charge >= 0.3 is 5.97 Å². The third-order valence-electron chi connectivity index (χ3n) is 4.40. The zero-order valence-electron chi connectivity index (χ0n) is 14.1. The molecule has 8 nitrogen and oxygen atoms in total. The normalized spacial score (nSPS) is 16.6. The second-order valence-electron chi connectivity index (χ2n) is 6.11. The largest absolute Gasteiger partial charge is 0.478 e. The van der Waals surface area contributed by atoms with Crippen LogP contribution in [0.4, 0.5) is 0 Å². The molecule has 1 amide bonds. The number of pyridine rings is 1. The molecule has 132 valence electrons. The van der Waals surface area contributed by atoms with Crippen molar-refractivity contribution in [2.24, 2.45) is 0 Å². The van der Waals surface area contributed by atoms with Gasteiger partial charge in [-0.3, -0.25) is 19.4 Å². The Morgan fingerprint density at radius 3 is 2.60 bits per heavy atom. The van der Waals surface area contributed by atoms with Gasteiger partial charge in [-0.05, 0) is 19.1 Å². The zero-order valence-corrected chi connectivity index (χ0v) is 14.1. The van der Waals surface area contributed by atoms with E-state index in [4.69, 9.17) is 5.11 Å². The number of aromatic nitrogens is 3. The number of carbonyl (C=O) groups is 2. The smallest absolute Gasteiger partial charge is 0.338 e. The summed E-state index contributed by atoms with van der Waals surface area (Å²) in [7, 11) is 0. The quantitative estimate of drug-likeness (QED) is 0.867. The Labute approximate surface area is 145 Å². The molecule has 1 saturated heterocycles. The van der Waals surface area contributed by atoms with E-state index in [1.807, 2.05) is 23.1 Å². The molecule has 0 spiro atoms. The molecule has 0 aliphatic carbocycles. The standard InChI is InChI=1S/C17H21N5O3/c1-13(22-11-14(10-19-22)17(24)25)16(23)21-8-6-20(7-9-21)12-15-4-2-3-5-18-15/h2-5,10-11,13H,6-9,12H2,1H3,(H,24,25). The van der Waals surface area contributed by atoms with E-state index in [0.29, 0.717) is 13.1 Å². The van der Waals surface area contributed by atoms with E-state index in [2.05, 4.69) is 15.0 Å². The minimum atomic E-state index is -1.05. The van der Waals surface area contributed by atoms with Crippen LogP contribution < -0.4 is 0 Å². The lowest BCUT2D eigenvalue weighted by Gasteiger charge is -2.35. The fourth-order valence-corrected chi connectivity index (χ4v) is 2.88. The van der Waals surface area contributed by atoms with Crippen LogP contribution in [0.1, 0.15) is 29.0 Å². The first-order valence-corrected chi connectivity index (χ1v) is 8.23. The highest BCUT2D eigenvalue weighted by molar-refractivity contribution is 5.87. The number of aromatic carboxylic acids is 1. The average Bonchev–Trinajstić information content (AvgIpc) is 3.12. The minimum absolute atomic E-state index is 0.0440. The highest BCUT2D eigenvalue weighted by atomic mass is 16.4. The van der Waals surface area contributed by atoms with Gasteiger partial charge in [0.25, 0.3) is 0 Å². The number of rotatable bonds is 5.